The van der Waals surface area contributed by atoms with Gasteiger partial charge in [0.2, 0.25) is 5.91 Å². The van der Waals surface area contributed by atoms with Crippen molar-refractivity contribution in [3.63, 3.8) is 0 Å². The fourth-order valence-electron chi connectivity index (χ4n) is 2.06. The number of aryl methyl sites for hydroxylation is 1. The van der Waals surface area contributed by atoms with Gasteiger partial charge in [0.1, 0.15) is 0 Å². The summed E-state index contributed by atoms with van der Waals surface area (Å²) in [4.78, 5) is 11.8. The molecular formula is C15H24N2O. The maximum Gasteiger partial charge on any atom is 0.224 e. The van der Waals surface area contributed by atoms with Gasteiger partial charge in [0.05, 0.1) is 5.92 Å². The number of rotatable bonds is 7. The zero-order valence-electron chi connectivity index (χ0n) is 11.4. The largest absolute Gasteiger partial charge is 0.355 e. The molecule has 3 N–H and O–H groups in total. The van der Waals surface area contributed by atoms with Crippen molar-refractivity contribution < 1.29 is 4.79 Å². The van der Waals surface area contributed by atoms with Crippen molar-refractivity contribution in [1.29, 1.82) is 0 Å². The van der Waals surface area contributed by atoms with Crippen molar-refractivity contribution in [2.45, 2.75) is 33.1 Å². The van der Waals surface area contributed by atoms with Crippen LogP contribution in [-0.4, -0.2) is 19.0 Å². The second kappa shape index (κ2) is 7.88. The molecule has 0 spiro atoms. The van der Waals surface area contributed by atoms with Crippen molar-refractivity contribution in [3.8, 4) is 0 Å². The van der Waals surface area contributed by atoms with Gasteiger partial charge in [0.25, 0.3) is 0 Å². The average Bonchev–Trinajstić information content (AvgIpc) is 2.38. The average molecular weight is 248 g/mol. The number of carbonyl (C=O) groups excluding carboxylic acids is 1. The van der Waals surface area contributed by atoms with E-state index in [0.717, 1.165) is 19.3 Å². The van der Waals surface area contributed by atoms with Crippen LogP contribution in [0.1, 0.15) is 30.9 Å². The molecule has 0 aliphatic heterocycles. The lowest BCUT2D eigenvalue weighted by atomic mass is 10.0. The highest BCUT2D eigenvalue weighted by Crippen LogP contribution is 2.08. The summed E-state index contributed by atoms with van der Waals surface area (Å²) < 4.78 is 0. The maximum atomic E-state index is 11.8. The molecule has 3 nitrogen and oxygen atoms in total. The van der Waals surface area contributed by atoms with Gasteiger partial charge < -0.3 is 11.1 Å². The van der Waals surface area contributed by atoms with Gasteiger partial charge in [-0.1, -0.05) is 37.6 Å². The maximum absolute atomic E-state index is 11.8. The summed E-state index contributed by atoms with van der Waals surface area (Å²) >= 11 is 0. The number of hydrogen-bond acceptors (Lipinski definition) is 2. The molecule has 18 heavy (non-hydrogen) atoms. The third-order valence-corrected chi connectivity index (χ3v) is 3.25. The van der Waals surface area contributed by atoms with Crippen molar-refractivity contribution >= 4 is 5.91 Å². The van der Waals surface area contributed by atoms with Crippen LogP contribution in [-0.2, 0) is 11.2 Å². The zero-order chi connectivity index (χ0) is 13.4. The highest BCUT2D eigenvalue weighted by Gasteiger charge is 2.14. The third-order valence-electron chi connectivity index (χ3n) is 3.25. The summed E-state index contributed by atoms with van der Waals surface area (Å²) in [6.07, 6.45) is 2.74. The van der Waals surface area contributed by atoms with Crippen LogP contribution in [0, 0.1) is 12.8 Å². The van der Waals surface area contributed by atoms with E-state index < -0.39 is 0 Å². The molecule has 0 fully saturated rings. The van der Waals surface area contributed by atoms with Gasteiger partial charge in [0, 0.05) is 13.1 Å². The first-order chi connectivity index (χ1) is 8.69. The molecule has 1 aromatic carbocycles. The summed E-state index contributed by atoms with van der Waals surface area (Å²) in [5.74, 6) is 0.0554. The molecule has 1 rings (SSSR count). The number of hydrogen-bond donors (Lipinski definition) is 2. The summed E-state index contributed by atoms with van der Waals surface area (Å²) in [7, 11) is 0. The lowest BCUT2D eigenvalue weighted by Gasteiger charge is -2.14. The Bertz CT molecular complexity index is 377. The van der Waals surface area contributed by atoms with E-state index in [4.69, 9.17) is 5.73 Å². The topological polar surface area (TPSA) is 55.1 Å². The van der Waals surface area contributed by atoms with Crippen molar-refractivity contribution in [2.24, 2.45) is 11.7 Å². The van der Waals surface area contributed by atoms with E-state index in [9.17, 15) is 4.79 Å². The van der Waals surface area contributed by atoms with Gasteiger partial charge in [-0.05, 0) is 30.9 Å². The quantitative estimate of drug-likeness (QED) is 0.775. The van der Waals surface area contributed by atoms with Gasteiger partial charge in [-0.3, -0.25) is 4.79 Å². The molecule has 0 saturated carbocycles. The minimum Gasteiger partial charge on any atom is -0.355 e. The highest BCUT2D eigenvalue weighted by atomic mass is 16.1. The van der Waals surface area contributed by atoms with E-state index in [-0.39, 0.29) is 11.8 Å². The molecule has 0 aliphatic carbocycles. The standard InChI is InChI=1S/C15H24N2O/c1-3-6-14(11-16)15(18)17-10-9-13-8-5-4-7-12(13)2/h4-5,7-8,14H,3,6,9-11,16H2,1-2H3,(H,17,18). The van der Waals surface area contributed by atoms with Crippen LogP contribution in [0.25, 0.3) is 0 Å². The first kappa shape index (κ1) is 14.7. The second-order valence-corrected chi connectivity index (χ2v) is 4.69. The summed E-state index contributed by atoms with van der Waals surface area (Å²) in [5, 5.41) is 2.98. The van der Waals surface area contributed by atoms with Crippen molar-refractivity contribution in [3.05, 3.63) is 35.4 Å². The fraction of sp³-hybridized carbons (Fsp3) is 0.533. The number of amides is 1. The SMILES string of the molecule is CCCC(CN)C(=O)NCCc1ccccc1C. The van der Waals surface area contributed by atoms with E-state index >= 15 is 0 Å². The summed E-state index contributed by atoms with van der Waals surface area (Å²) in [6.45, 7) is 5.29. The minimum atomic E-state index is -0.0353. The molecule has 1 aromatic rings. The van der Waals surface area contributed by atoms with E-state index in [2.05, 4.69) is 31.3 Å². The molecular weight excluding hydrogens is 224 g/mol. The molecule has 100 valence electrons. The molecule has 1 atom stereocenters. The minimum absolute atomic E-state index is 0.0353. The Kier molecular flexibility index (Phi) is 6.44. The smallest absolute Gasteiger partial charge is 0.224 e. The highest BCUT2D eigenvalue weighted by molar-refractivity contribution is 5.78. The Balaban J connectivity index is 2.37. The Labute approximate surface area is 110 Å². The zero-order valence-corrected chi connectivity index (χ0v) is 11.4. The number of nitrogens with one attached hydrogen (secondary N) is 1. The third kappa shape index (κ3) is 4.49. The molecule has 0 radical (unpaired) electrons. The molecule has 3 heteroatoms. The van der Waals surface area contributed by atoms with Crippen LogP contribution in [0.15, 0.2) is 24.3 Å². The molecule has 0 bridgehead atoms. The van der Waals surface area contributed by atoms with Crippen molar-refractivity contribution in [2.75, 3.05) is 13.1 Å². The predicted molar refractivity (Wildman–Crippen MR) is 75.3 cm³/mol. The molecule has 0 heterocycles. The van der Waals surface area contributed by atoms with Gasteiger partial charge in [-0.2, -0.15) is 0 Å². The van der Waals surface area contributed by atoms with E-state index in [1.54, 1.807) is 0 Å². The Morgan fingerprint density at radius 3 is 2.72 bits per heavy atom. The summed E-state index contributed by atoms with van der Waals surface area (Å²) in [5.41, 5.74) is 8.17. The van der Waals surface area contributed by atoms with Crippen LogP contribution in [0.5, 0.6) is 0 Å². The van der Waals surface area contributed by atoms with E-state index in [1.807, 2.05) is 12.1 Å². The van der Waals surface area contributed by atoms with Crippen LogP contribution >= 0.6 is 0 Å². The van der Waals surface area contributed by atoms with Crippen LogP contribution in [0.4, 0.5) is 0 Å². The monoisotopic (exact) mass is 248 g/mol. The Morgan fingerprint density at radius 2 is 2.11 bits per heavy atom. The van der Waals surface area contributed by atoms with Gasteiger partial charge >= 0.3 is 0 Å². The number of benzene rings is 1. The first-order valence-corrected chi connectivity index (χ1v) is 6.71. The number of carbonyl (C=O) groups is 1. The molecule has 0 aliphatic rings. The normalized spacial score (nSPS) is 12.2. The molecule has 1 amide bonds. The number of nitrogens with two attached hydrogens (primary N) is 1. The fourth-order valence-corrected chi connectivity index (χ4v) is 2.06. The lowest BCUT2D eigenvalue weighted by Crippen LogP contribution is -2.36. The molecule has 1 unspecified atom stereocenters. The van der Waals surface area contributed by atoms with Gasteiger partial charge in [-0.15, -0.1) is 0 Å². The van der Waals surface area contributed by atoms with E-state index in [1.165, 1.54) is 11.1 Å². The van der Waals surface area contributed by atoms with Crippen molar-refractivity contribution in [1.82, 2.24) is 5.32 Å². The van der Waals surface area contributed by atoms with Gasteiger partial charge in [-0.25, -0.2) is 0 Å². The molecule has 0 saturated heterocycles. The van der Waals surface area contributed by atoms with Gasteiger partial charge in [0.15, 0.2) is 0 Å². The predicted octanol–water partition coefficient (Wildman–Crippen LogP) is 2.03. The lowest BCUT2D eigenvalue weighted by molar-refractivity contribution is -0.124. The Hall–Kier alpha value is -1.35. The van der Waals surface area contributed by atoms with Crippen LogP contribution in [0.2, 0.25) is 0 Å². The molecule has 0 aromatic heterocycles. The summed E-state index contributed by atoms with van der Waals surface area (Å²) in [6, 6.07) is 8.26. The van der Waals surface area contributed by atoms with Crippen LogP contribution < -0.4 is 11.1 Å². The van der Waals surface area contributed by atoms with Crippen LogP contribution in [0.3, 0.4) is 0 Å². The second-order valence-electron chi connectivity index (χ2n) is 4.69. The Morgan fingerprint density at radius 1 is 1.39 bits per heavy atom. The van der Waals surface area contributed by atoms with E-state index in [0.29, 0.717) is 13.1 Å². The first-order valence-electron chi connectivity index (χ1n) is 6.71.